The van der Waals surface area contributed by atoms with Gasteiger partial charge in [0.15, 0.2) is 0 Å². The van der Waals surface area contributed by atoms with E-state index >= 15 is 0 Å². The van der Waals surface area contributed by atoms with Gasteiger partial charge in [0.25, 0.3) is 0 Å². The van der Waals surface area contributed by atoms with Crippen LogP contribution in [-0.2, 0) is 4.79 Å². The van der Waals surface area contributed by atoms with E-state index in [1.54, 1.807) is 7.11 Å². The van der Waals surface area contributed by atoms with Crippen molar-refractivity contribution in [2.45, 2.75) is 5.92 Å². The van der Waals surface area contributed by atoms with Crippen LogP contribution in [0.4, 0.5) is 0 Å². The molecule has 1 aromatic carbocycles. The second kappa shape index (κ2) is 5.89. The fourth-order valence-electron chi connectivity index (χ4n) is 2.16. The van der Waals surface area contributed by atoms with Crippen LogP contribution in [0.25, 0.3) is 0 Å². The highest BCUT2D eigenvalue weighted by molar-refractivity contribution is 5.85. The van der Waals surface area contributed by atoms with Crippen molar-refractivity contribution in [1.29, 1.82) is 0 Å². The minimum absolute atomic E-state index is 0. The van der Waals surface area contributed by atoms with Crippen molar-refractivity contribution in [3.63, 3.8) is 0 Å². The number of nitrogens with one attached hydrogen (secondary N) is 1. The first-order chi connectivity index (χ1) is 7.72. The summed E-state index contributed by atoms with van der Waals surface area (Å²) in [4.78, 5) is 11.1. The SMILES string of the molecule is COc1cccc([C@@H]2CNC[C@H]2C(=O)O)c1.Cl. The van der Waals surface area contributed by atoms with E-state index in [1.165, 1.54) is 0 Å². The van der Waals surface area contributed by atoms with Gasteiger partial charge in [-0.3, -0.25) is 4.79 Å². The van der Waals surface area contributed by atoms with Gasteiger partial charge in [0, 0.05) is 19.0 Å². The molecule has 0 unspecified atom stereocenters. The number of carboxylic acids is 1. The molecule has 1 heterocycles. The number of rotatable bonds is 3. The highest BCUT2D eigenvalue weighted by atomic mass is 35.5. The molecule has 1 aliphatic heterocycles. The molecule has 0 bridgehead atoms. The molecule has 2 N–H and O–H groups in total. The Morgan fingerprint density at radius 3 is 2.88 bits per heavy atom. The minimum atomic E-state index is -0.738. The normalized spacial score (nSPS) is 22.9. The molecular formula is C12H16ClNO3. The summed E-state index contributed by atoms with van der Waals surface area (Å²) in [5.41, 5.74) is 1.02. The fraction of sp³-hybridized carbons (Fsp3) is 0.417. The van der Waals surface area contributed by atoms with Gasteiger partial charge in [-0.2, -0.15) is 0 Å². The number of aliphatic carboxylic acids is 1. The summed E-state index contributed by atoms with van der Waals surface area (Å²) in [6.45, 7) is 1.25. The summed E-state index contributed by atoms with van der Waals surface area (Å²) in [6.07, 6.45) is 0. The molecule has 4 nitrogen and oxygen atoms in total. The first kappa shape index (κ1) is 13.8. The number of ether oxygens (including phenoxy) is 1. The summed E-state index contributed by atoms with van der Waals surface area (Å²) < 4.78 is 5.14. The van der Waals surface area contributed by atoms with Crippen LogP contribution in [-0.4, -0.2) is 31.3 Å². The van der Waals surface area contributed by atoms with Crippen LogP contribution >= 0.6 is 12.4 Å². The highest BCUT2D eigenvalue weighted by Crippen LogP contribution is 2.30. The quantitative estimate of drug-likeness (QED) is 0.862. The van der Waals surface area contributed by atoms with Crippen molar-refractivity contribution in [2.75, 3.05) is 20.2 Å². The Kier molecular flexibility index (Phi) is 4.78. The molecule has 0 radical (unpaired) electrons. The van der Waals surface area contributed by atoms with E-state index in [2.05, 4.69) is 5.32 Å². The molecule has 1 aromatic rings. The van der Waals surface area contributed by atoms with Crippen LogP contribution in [0.2, 0.25) is 0 Å². The smallest absolute Gasteiger partial charge is 0.308 e. The summed E-state index contributed by atoms with van der Waals surface area (Å²) in [5, 5.41) is 12.2. The predicted molar refractivity (Wildman–Crippen MR) is 67.0 cm³/mol. The zero-order chi connectivity index (χ0) is 11.5. The maximum absolute atomic E-state index is 11.1. The molecule has 1 saturated heterocycles. The van der Waals surface area contributed by atoms with Crippen LogP contribution in [0.3, 0.4) is 0 Å². The number of benzene rings is 1. The van der Waals surface area contributed by atoms with Crippen LogP contribution in [0.5, 0.6) is 5.75 Å². The Labute approximate surface area is 106 Å². The van der Waals surface area contributed by atoms with E-state index in [-0.39, 0.29) is 24.2 Å². The van der Waals surface area contributed by atoms with Gasteiger partial charge in [0.05, 0.1) is 13.0 Å². The van der Waals surface area contributed by atoms with Crippen molar-refractivity contribution in [3.05, 3.63) is 29.8 Å². The molecule has 0 spiro atoms. The number of hydrogen-bond donors (Lipinski definition) is 2. The average molecular weight is 258 g/mol. The van der Waals surface area contributed by atoms with Gasteiger partial charge in [-0.15, -0.1) is 12.4 Å². The van der Waals surface area contributed by atoms with Gasteiger partial charge in [0.2, 0.25) is 0 Å². The molecule has 94 valence electrons. The van der Waals surface area contributed by atoms with Crippen molar-refractivity contribution in [1.82, 2.24) is 5.32 Å². The lowest BCUT2D eigenvalue weighted by Gasteiger charge is -2.15. The topological polar surface area (TPSA) is 58.6 Å². The van der Waals surface area contributed by atoms with Crippen molar-refractivity contribution < 1.29 is 14.6 Å². The third-order valence-corrected chi connectivity index (χ3v) is 3.05. The molecule has 0 amide bonds. The second-order valence-corrected chi connectivity index (χ2v) is 3.99. The lowest BCUT2D eigenvalue weighted by molar-refractivity contribution is -0.141. The van der Waals surface area contributed by atoms with E-state index in [0.717, 1.165) is 11.3 Å². The van der Waals surface area contributed by atoms with E-state index in [9.17, 15) is 4.79 Å². The number of carboxylic acid groups (broad SMARTS) is 1. The Hall–Kier alpha value is -1.26. The maximum Gasteiger partial charge on any atom is 0.308 e. The van der Waals surface area contributed by atoms with E-state index in [1.807, 2.05) is 24.3 Å². The first-order valence-electron chi connectivity index (χ1n) is 5.30. The predicted octanol–water partition coefficient (Wildman–Crippen LogP) is 1.50. The number of hydrogen-bond acceptors (Lipinski definition) is 3. The lowest BCUT2D eigenvalue weighted by atomic mass is 9.89. The highest BCUT2D eigenvalue weighted by Gasteiger charge is 2.33. The van der Waals surface area contributed by atoms with Gasteiger partial charge in [0.1, 0.15) is 5.75 Å². The molecule has 0 saturated carbocycles. The van der Waals surface area contributed by atoms with Gasteiger partial charge in [-0.1, -0.05) is 12.1 Å². The fourth-order valence-corrected chi connectivity index (χ4v) is 2.16. The van der Waals surface area contributed by atoms with Crippen LogP contribution in [0.1, 0.15) is 11.5 Å². The Morgan fingerprint density at radius 2 is 2.24 bits per heavy atom. The zero-order valence-electron chi connectivity index (χ0n) is 9.55. The van der Waals surface area contributed by atoms with Gasteiger partial charge in [-0.05, 0) is 17.7 Å². The number of halogens is 1. The van der Waals surface area contributed by atoms with Gasteiger partial charge >= 0.3 is 5.97 Å². The third-order valence-electron chi connectivity index (χ3n) is 3.05. The summed E-state index contributed by atoms with van der Waals surface area (Å²) in [5.74, 6) is -0.272. The maximum atomic E-state index is 11.1. The molecule has 5 heteroatoms. The molecule has 2 atom stereocenters. The first-order valence-corrected chi connectivity index (χ1v) is 5.30. The Balaban J connectivity index is 0.00000144. The lowest BCUT2D eigenvalue weighted by Crippen LogP contribution is -2.20. The number of carbonyl (C=O) groups is 1. The van der Waals surface area contributed by atoms with E-state index < -0.39 is 5.97 Å². The van der Waals surface area contributed by atoms with Crippen LogP contribution in [0, 0.1) is 5.92 Å². The molecule has 2 rings (SSSR count). The molecule has 1 aliphatic rings. The third kappa shape index (κ3) is 2.90. The Bertz CT molecular complexity index is 397. The Morgan fingerprint density at radius 1 is 1.47 bits per heavy atom. The second-order valence-electron chi connectivity index (χ2n) is 3.99. The van der Waals surface area contributed by atoms with Gasteiger partial charge < -0.3 is 15.2 Å². The van der Waals surface area contributed by atoms with E-state index in [4.69, 9.17) is 9.84 Å². The molecule has 0 aromatic heterocycles. The van der Waals surface area contributed by atoms with Crippen LogP contribution < -0.4 is 10.1 Å². The zero-order valence-corrected chi connectivity index (χ0v) is 10.4. The molecule has 1 fully saturated rings. The summed E-state index contributed by atoms with van der Waals surface area (Å²) in [6, 6.07) is 7.62. The van der Waals surface area contributed by atoms with E-state index in [0.29, 0.717) is 13.1 Å². The summed E-state index contributed by atoms with van der Waals surface area (Å²) in [7, 11) is 1.61. The van der Waals surface area contributed by atoms with Crippen molar-refractivity contribution in [2.24, 2.45) is 5.92 Å². The van der Waals surface area contributed by atoms with Crippen LogP contribution in [0.15, 0.2) is 24.3 Å². The standard InChI is InChI=1S/C12H15NO3.ClH/c1-16-9-4-2-3-8(5-9)10-6-13-7-11(10)12(14)15;/h2-5,10-11,13H,6-7H2,1H3,(H,14,15);1H/t10-,11+;/m0./s1. The largest absolute Gasteiger partial charge is 0.497 e. The summed E-state index contributed by atoms with van der Waals surface area (Å²) >= 11 is 0. The van der Waals surface area contributed by atoms with Gasteiger partial charge in [-0.25, -0.2) is 0 Å². The minimum Gasteiger partial charge on any atom is -0.497 e. The molecule has 0 aliphatic carbocycles. The van der Waals surface area contributed by atoms with Crippen molar-refractivity contribution >= 4 is 18.4 Å². The molecule has 17 heavy (non-hydrogen) atoms. The average Bonchev–Trinajstić information content (AvgIpc) is 2.78. The number of methoxy groups -OCH3 is 1. The monoisotopic (exact) mass is 257 g/mol. The molecular weight excluding hydrogens is 242 g/mol. The van der Waals surface area contributed by atoms with Crippen molar-refractivity contribution in [3.8, 4) is 5.75 Å².